The zero-order chi connectivity index (χ0) is 14.7. The smallest absolute Gasteiger partial charge is 0.118 e. The normalized spacial score (nSPS) is 17.4. The summed E-state index contributed by atoms with van der Waals surface area (Å²) in [6.45, 7) is 3.21. The topological polar surface area (TPSA) is 34.1 Å². The van der Waals surface area contributed by atoms with Crippen LogP contribution in [0, 0.1) is 5.92 Å². The molecule has 3 rings (SSSR count). The van der Waals surface area contributed by atoms with Gasteiger partial charge in [-0.1, -0.05) is 19.1 Å². The van der Waals surface area contributed by atoms with Gasteiger partial charge in [0.15, 0.2) is 0 Å². The van der Waals surface area contributed by atoms with Crippen LogP contribution in [0.1, 0.15) is 42.3 Å². The number of thiazole rings is 1. The Morgan fingerprint density at radius 3 is 2.67 bits per heavy atom. The van der Waals surface area contributed by atoms with Crippen molar-refractivity contribution in [1.29, 1.82) is 0 Å². The monoisotopic (exact) mass is 302 g/mol. The summed E-state index contributed by atoms with van der Waals surface area (Å²) in [5.41, 5.74) is 1.37. The second-order valence-electron chi connectivity index (χ2n) is 5.77. The molecule has 1 saturated carbocycles. The molecule has 0 radical (unpaired) electrons. The van der Waals surface area contributed by atoms with Crippen LogP contribution in [0.15, 0.2) is 35.8 Å². The highest BCUT2D eigenvalue weighted by atomic mass is 32.1. The molecule has 2 atom stereocenters. The van der Waals surface area contributed by atoms with Crippen molar-refractivity contribution >= 4 is 11.3 Å². The van der Waals surface area contributed by atoms with Crippen LogP contribution < -0.4 is 10.1 Å². The van der Waals surface area contributed by atoms with Crippen molar-refractivity contribution in [3.63, 3.8) is 0 Å². The Morgan fingerprint density at radius 2 is 2.10 bits per heavy atom. The van der Waals surface area contributed by atoms with E-state index in [-0.39, 0.29) is 0 Å². The molecule has 0 bridgehead atoms. The van der Waals surface area contributed by atoms with Crippen molar-refractivity contribution in [2.75, 3.05) is 13.7 Å². The summed E-state index contributed by atoms with van der Waals surface area (Å²) in [5.74, 6) is 2.16. The molecule has 3 nitrogen and oxygen atoms in total. The molecule has 1 aromatic carbocycles. The van der Waals surface area contributed by atoms with Gasteiger partial charge in [-0.3, -0.25) is 0 Å². The minimum Gasteiger partial charge on any atom is -0.497 e. The van der Waals surface area contributed by atoms with Crippen LogP contribution in [0.4, 0.5) is 0 Å². The fraction of sp³-hybridized carbons (Fsp3) is 0.471. The fourth-order valence-electron chi connectivity index (χ4n) is 2.67. The van der Waals surface area contributed by atoms with E-state index in [4.69, 9.17) is 4.74 Å². The lowest BCUT2D eigenvalue weighted by Gasteiger charge is -2.21. The maximum atomic E-state index is 5.24. The lowest BCUT2D eigenvalue weighted by atomic mass is 10.0. The number of rotatable bonds is 7. The average molecular weight is 302 g/mol. The van der Waals surface area contributed by atoms with Crippen LogP contribution in [0.5, 0.6) is 5.75 Å². The lowest BCUT2D eigenvalue weighted by Crippen LogP contribution is -2.27. The zero-order valence-electron chi connectivity index (χ0n) is 12.6. The number of ether oxygens (including phenoxy) is 1. The standard InChI is InChI=1S/C17H22N2OS/c1-12(17-18-9-10-21-17)11-19-16(13-3-4-13)14-5-7-15(20-2)8-6-14/h5-10,12-13,16,19H,3-4,11H2,1-2H3. The summed E-state index contributed by atoms with van der Waals surface area (Å²) in [6, 6.07) is 8.93. The van der Waals surface area contributed by atoms with Gasteiger partial charge in [-0.2, -0.15) is 0 Å². The Balaban J connectivity index is 1.64. The van der Waals surface area contributed by atoms with E-state index >= 15 is 0 Å². The quantitative estimate of drug-likeness (QED) is 0.839. The highest BCUT2D eigenvalue weighted by Crippen LogP contribution is 2.41. The van der Waals surface area contributed by atoms with Gasteiger partial charge < -0.3 is 10.1 Å². The van der Waals surface area contributed by atoms with E-state index in [1.165, 1.54) is 23.4 Å². The van der Waals surface area contributed by atoms with Crippen LogP contribution in [0.3, 0.4) is 0 Å². The molecule has 2 aromatic rings. The first kappa shape index (κ1) is 14.5. The molecule has 0 saturated heterocycles. The minimum atomic E-state index is 0.457. The third kappa shape index (κ3) is 3.63. The fourth-order valence-corrected chi connectivity index (χ4v) is 3.36. The molecular formula is C17H22N2OS. The average Bonchev–Trinajstić information content (AvgIpc) is 3.20. The predicted octanol–water partition coefficient (Wildman–Crippen LogP) is 4.00. The van der Waals surface area contributed by atoms with E-state index in [0.29, 0.717) is 12.0 Å². The SMILES string of the molecule is COc1ccc(C(NCC(C)c2nccs2)C2CC2)cc1. The summed E-state index contributed by atoms with van der Waals surface area (Å²) in [7, 11) is 1.71. The molecule has 1 N–H and O–H groups in total. The van der Waals surface area contributed by atoms with E-state index in [1.807, 2.05) is 11.6 Å². The van der Waals surface area contributed by atoms with Crippen molar-refractivity contribution in [3.05, 3.63) is 46.4 Å². The van der Waals surface area contributed by atoms with Crippen LogP contribution in [-0.2, 0) is 0 Å². The third-order valence-electron chi connectivity index (χ3n) is 4.09. The summed E-state index contributed by atoms with van der Waals surface area (Å²) >= 11 is 1.74. The Labute approximate surface area is 130 Å². The van der Waals surface area contributed by atoms with Gasteiger partial charge in [0.25, 0.3) is 0 Å². The predicted molar refractivity (Wildman–Crippen MR) is 87.0 cm³/mol. The Kier molecular flexibility index (Phi) is 4.56. The van der Waals surface area contributed by atoms with E-state index in [2.05, 4.69) is 41.5 Å². The molecule has 1 aliphatic rings. The van der Waals surface area contributed by atoms with Gasteiger partial charge in [-0.15, -0.1) is 11.3 Å². The van der Waals surface area contributed by atoms with E-state index < -0.39 is 0 Å². The Bertz CT molecular complexity index is 549. The summed E-state index contributed by atoms with van der Waals surface area (Å²) < 4.78 is 5.24. The van der Waals surface area contributed by atoms with Gasteiger partial charge in [0.05, 0.1) is 12.1 Å². The van der Waals surface area contributed by atoms with Crippen molar-refractivity contribution in [2.24, 2.45) is 5.92 Å². The molecule has 1 aliphatic carbocycles. The van der Waals surface area contributed by atoms with Crippen LogP contribution in [0.2, 0.25) is 0 Å². The van der Waals surface area contributed by atoms with Crippen LogP contribution in [-0.4, -0.2) is 18.6 Å². The maximum absolute atomic E-state index is 5.24. The van der Waals surface area contributed by atoms with Crippen LogP contribution in [0.25, 0.3) is 0 Å². The Morgan fingerprint density at radius 1 is 1.33 bits per heavy atom. The molecule has 2 unspecified atom stereocenters. The summed E-state index contributed by atoms with van der Waals surface area (Å²) in [4.78, 5) is 4.41. The summed E-state index contributed by atoms with van der Waals surface area (Å²) in [5, 5.41) is 7.01. The number of hydrogen-bond donors (Lipinski definition) is 1. The molecule has 0 aliphatic heterocycles. The second kappa shape index (κ2) is 6.58. The van der Waals surface area contributed by atoms with Gasteiger partial charge in [-0.05, 0) is 36.5 Å². The number of nitrogens with zero attached hydrogens (tertiary/aromatic N) is 1. The molecule has 4 heteroatoms. The molecule has 0 spiro atoms. The first-order valence-corrected chi connectivity index (χ1v) is 8.42. The lowest BCUT2D eigenvalue weighted by molar-refractivity contribution is 0.413. The van der Waals surface area contributed by atoms with Crippen molar-refractivity contribution in [2.45, 2.75) is 31.7 Å². The highest BCUT2D eigenvalue weighted by molar-refractivity contribution is 7.09. The molecule has 21 heavy (non-hydrogen) atoms. The summed E-state index contributed by atoms with van der Waals surface area (Å²) in [6.07, 6.45) is 4.54. The molecule has 1 heterocycles. The molecule has 0 amide bonds. The second-order valence-corrected chi connectivity index (χ2v) is 6.69. The van der Waals surface area contributed by atoms with Crippen molar-refractivity contribution in [1.82, 2.24) is 10.3 Å². The van der Waals surface area contributed by atoms with Gasteiger partial charge >= 0.3 is 0 Å². The largest absolute Gasteiger partial charge is 0.497 e. The number of aromatic nitrogens is 1. The first-order chi connectivity index (χ1) is 10.3. The highest BCUT2D eigenvalue weighted by Gasteiger charge is 2.32. The molecular weight excluding hydrogens is 280 g/mol. The Hall–Kier alpha value is -1.39. The number of hydrogen-bond acceptors (Lipinski definition) is 4. The number of benzene rings is 1. The molecule has 1 aromatic heterocycles. The zero-order valence-corrected chi connectivity index (χ0v) is 13.4. The number of nitrogens with one attached hydrogen (secondary N) is 1. The van der Waals surface area contributed by atoms with Gasteiger partial charge in [0.1, 0.15) is 5.75 Å². The first-order valence-electron chi connectivity index (χ1n) is 7.54. The number of methoxy groups -OCH3 is 1. The van der Waals surface area contributed by atoms with Crippen LogP contribution >= 0.6 is 11.3 Å². The van der Waals surface area contributed by atoms with E-state index in [0.717, 1.165) is 18.2 Å². The molecule has 112 valence electrons. The van der Waals surface area contributed by atoms with Gasteiger partial charge in [0.2, 0.25) is 0 Å². The van der Waals surface area contributed by atoms with Crippen molar-refractivity contribution < 1.29 is 4.74 Å². The van der Waals surface area contributed by atoms with Crippen molar-refractivity contribution in [3.8, 4) is 5.75 Å². The molecule has 1 fully saturated rings. The maximum Gasteiger partial charge on any atom is 0.118 e. The third-order valence-corrected chi connectivity index (χ3v) is 5.09. The van der Waals surface area contributed by atoms with E-state index in [1.54, 1.807) is 18.4 Å². The minimum absolute atomic E-state index is 0.457. The van der Waals surface area contributed by atoms with Gasteiger partial charge in [0, 0.05) is 30.1 Å². The van der Waals surface area contributed by atoms with Gasteiger partial charge in [-0.25, -0.2) is 4.98 Å². The van der Waals surface area contributed by atoms with E-state index in [9.17, 15) is 0 Å².